The van der Waals surface area contributed by atoms with E-state index in [9.17, 15) is 9.90 Å². The normalized spacial score (nSPS) is 12.0. The fraction of sp³-hybridized carbons (Fsp3) is 0.258. The number of hydrogen-bond acceptors (Lipinski definition) is 2. The molecule has 1 N–H and O–H groups in total. The van der Waals surface area contributed by atoms with Gasteiger partial charge in [-0.15, -0.1) is 0 Å². The third kappa shape index (κ3) is 5.31. The summed E-state index contributed by atoms with van der Waals surface area (Å²) < 4.78 is 5.66. The zero-order chi connectivity index (χ0) is 24.1. The molecule has 0 saturated heterocycles. The van der Waals surface area contributed by atoms with E-state index in [0.717, 1.165) is 47.1 Å². The van der Waals surface area contributed by atoms with Crippen LogP contribution in [0.1, 0.15) is 59.7 Å². The van der Waals surface area contributed by atoms with E-state index in [1.54, 1.807) is 6.07 Å². The predicted octanol–water partition coefficient (Wildman–Crippen LogP) is 8.04. The van der Waals surface area contributed by atoms with Crippen molar-refractivity contribution in [3.05, 3.63) is 101 Å². The van der Waals surface area contributed by atoms with Crippen LogP contribution in [0.2, 0.25) is 0 Å². The Morgan fingerprint density at radius 1 is 0.971 bits per heavy atom. The third-order valence-corrected chi connectivity index (χ3v) is 6.54. The standard InChI is InChI=1S/C31H32O3/c1-4-34-27-13-8-12-24(19-27)21(2)9-7-10-23-17-25-11-5-6-14-28(25)30(18-23)26-16-15-22(3)29(20-26)31(32)33/h5-6,8,11-21H,4,7,9-10H2,1-3H3,(H,32,33)/t21-/m0/s1. The van der Waals surface area contributed by atoms with Crippen LogP contribution in [0, 0.1) is 6.92 Å². The number of carbonyl (C=O) groups is 1. The van der Waals surface area contributed by atoms with Crippen molar-refractivity contribution in [2.24, 2.45) is 0 Å². The van der Waals surface area contributed by atoms with Gasteiger partial charge in [-0.1, -0.05) is 67.6 Å². The first-order valence-electron chi connectivity index (χ1n) is 12.0. The number of aryl methyl sites for hydroxylation is 2. The highest BCUT2D eigenvalue weighted by Crippen LogP contribution is 2.33. The van der Waals surface area contributed by atoms with Gasteiger partial charge in [0.25, 0.3) is 0 Å². The molecule has 4 aromatic carbocycles. The fourth-order valence-corrected chi connectivity index (χ4v) is 4.63. The number of ether oxygens (including phenoxy) is 1. The van der Waals surface area contributed by atoms with Crippen molar-refractivity contribution in [2.45, 2.75) is 46.0 Å². The number of rotatable bonds is 9. The van der Waals surface area contributed by atoms with E-state index >= 15 is 0 Å². The van der Waals surface area contributed by atoms with E-state index in [1.807, 2.05) is 38.1 Å². The molecular weight excluding hydrogens is 420 g/mol. The van der Waals surface area contributed by atoms with E-state index < -0.39 is 5.97 Å². The number of hydrogen-bond donors (Lipinski definition) is 1. The molecule has 0 aromatic heterocycles. The Hall–Kier alpha value is -3.59. The van der Waals surface area contributed by atoms with E-state index in [0.29, 0.717) is 18.1 Å². The molecule has 174 valence electrons. The Bertz CT molecular complexity index is 1310. The van der Waals surface area contributed by atoms with Crippen molar-refractivity contribution >= 4 is 16.7 Å². The van der Waals surface area contributed by atoms with Gasteiger partial charge in [-0.25, -0.2) is 4.79 Å². The monoisotopic (exact) mass is 452 g/mol. The Morgan fingerprint density at radius 3 is 2.59 bits per heavy atom. The fourth-order valence-electron chi connectivity index (χ4n) is 4.63. The second-order valence-electron chi connectivity index (χ2n) is 9.00. The van der Waals surface area contributed by atoms with E-state index in [4.69, 9.17) is 4.74 Å². The van der Waals surface area contributed by atoms with Crippen LogP contribution in [0.4, 0.5) is 0 Å². The maximum Gasteiger partial charge on any atom is 0.335 e. The number of benzene rings is 4. The highest BCUT2D eigenvalue weighted by molar-refractivity contribution is 5.99. The molecule has 34 heavy (non-hydrogen) atoms. The Morgan fingerprint density at radius 2 is 1.79 bits per heavy atom. The lowest BCUT2D eigenvalue weighted by Gasteiger charge is -2.15. The maximum atomic E-state index is 11.7. The highest BCUT2D eigenvalue weighted by Gasteiger charge is 2.13. The average molecular weight is 453 g/mol. The van der Waals surface area contributed by atoms with Crippen LogP contribution in [0.25, 0.3) is 21.9 Å². The lowest BCUT2D eigenvalue weighted by atomic mass is 9.90. The summed E-state index contributed by atoms with van der Waals surface area (Å²) in [6.45, 7) is 6.80. The smallest absolute Gasteiger partial charge is 0.335 e. The van der Waals surface area contributed by atoms with Crippen LogP contribution in [0.5, 0.6) is 5.75 Å². The average Bonchev–Trinajstić information content (AvgIpc) is 2.84. The van der Waals surface area contributed by atoms with Gasteiger partial charge in [0.1, 0.15) is 5.75 Å². The molecule has 3 nitrogen and oxygen atoms in total. The summed E-state index contributed by atoms with van der Waals surface area (Å²) in [7, 11) is 0. The van der Waals surface area contributed by atoms with Gasteiger partial charge in [-0.05, 0) is 95.8 Å². The molecule has 0 unspecified atom stereocenters. The molecule has 4 rings (SSSR count). The quantitative estimate of drug-likeness (QED) is 0.279. The van der Waals surface area contributed by atoms with Crippen LogP contribution in [0.15, 0.2) is 78.9 Å². The zero-order valence-electron chi connectivity index (χ0n) is 20.2. The maximum absolute atomic E-state index is 11.7. The minimum atomic E-state index is -0.887. The number of fused-ring (bicyclic) bond motifs is 1. The number of carboxylic acids is 1. The van der Waals surface area contributed by atoms with Crippen LogP contribution >= 0.6 is 0 Å². The molecular formula is C31H32O3. The van der Waals surface area contributed by atoms with E-state index in [1.165, 1.54) is 16.5 Å². The predicted molar refractivity (Wildman–Crippen MR) is 140 cm³/mol. The van der Waals surface area contributed by atoms with Crippen LogP contribution in [0.3, 0.4) is 0 Å². The Labute approximate surface area is 202 Å². The van der Waals surface area contributed by atoms with Gasteiger partial charge in [0.15, 0.2) is 0 Å². The van der Waals surface area contributed by atoms with Gasteiger partial charge in [-0.2, -0.15) is 0 Å². The van der Waals surface area contributed by atoms with Crippen molar-refractivity contribution in [3.8, 4) is 16.9 Å². The first kappa shape index (κ1) is 23.6. The summed E-state index contributed by atoms with van der Waals surface area (Å²) in [6.07, 6.45) is 3.14. The molecule has 0 bridgehead atoms. The molecule has 0 spiro atoms. The summed E-state index contributed by atoms with van der Waals surface area (Å²) in [5.41, 5.74) is 5.76. The summed E-state index contributed by atoms with van der Waals surface area (Å²) in [4.78, 5) is 11.7. The summed E-state index contributed by atoms with van der Waals surface area (Å²) in [6, 6.07) is 27.0. The molecule has 0 radical (unpaired) electrons. The van der Waals surface area contributed by atoms with Gasteiger partial charge in [-0.3, -0.25) is 0 Å². The molecule has 0 aliphatic carbocycles. The second kappa shape index (κ2) is 10.6. The molecule has 0 aliphatic rings. The Kier molecular flexibility index (Phi) is 7.32. The van der Waals surface area contributed by atoms with Crippen LogP contribution in [-0.4, -0.2) is 17.7 Å². The molecule has 1 atom stereocenters. The number of aromatic carboxylic acids is 1. The van der Waals surface area contributed by atoms with Crippen molar-refractivity contribution in [2.75, 3.05) is 6.61 Å². The molecule has 0 amide bonds. The van der Waals surface area contributed by atoms with Crippen molar-refractivity contribution in [3.63, 3.8) is 0 Å². The summed E-state index contributed by atoms with van der Waals surface area (Å²) in [5.74, 6) is 0.502. The van der Waals surface area contributed by atoms with Gasteiger partial charge in [0, 0.05) is 0 Å². The van der Waals surface area contributed by atoms with Gasteiger partial charge < -0.3 is 9.84 Å². The molecule has 0 heterocycles. The molecule has 0 fully saturated rings. The Balaban J connectivity index is 1.57. The van der Waals surface area contributed by atoms with Crippen molar-refractivity contribution < 1.29 is 14.6 Å². The molecule has 0 aliphatic heterocycles. The van der Waals surface area contributed by atoms with Gasteiger partial charge in [0.05, 0.1) is 12.2 Å². The van der Waals surface area contributed by atoms with Crippen LogP contribution < -0.4 is 4.74 Å². The lowest BCUT2D eigenvalue weighted by molar-refractivity contribution is 0.0696. The zero-order valence-corrected chi connectivity index (χ0v) is 20.2. The summed E-state index contributed by atoms with van der Waals surface area (Å²) in [5, 5.41) is 11.9. The van der Waals surface area contributed by atoms with Crippen LogP contribution in [-0.2, 0) is 6.42 Å². The first-order valence-corrected chi connectivity index (χ1v) is 12.0. The minimum Gasteiger partial charge on any atom is -0.494 e. The molecule has 0 saturated carbocycles. The highest BCUT2D eigenvalue weighted by atomic mass is 16.5. The molecule has 4 aromatic rings. The van der Waals surface area contributed by atoms with Gasteiger partial charge in [0.2, 0.25) is 0 Å². The lowest BCUT2D eigenvalue weighted by Crippen LogP contribution is -2.00. The number of carboxylic acid groups (broad SMARTS) is 1. The second-order valence-corrected chi connectivity index (χ2v) is 9.00. The largest absolute Gasteiger partial charge is 0.494 e. The van der Waals surface area contributed by atoms with E-state index in [2.05, 4.69) is 55.5 Å². The summed E-state index contributed by atoms with van der Waals surface area (Å²) >= 11 is 0. The van der Waals surface area contributed by atoms with E-state index in [-0.39, 0.29) is 0 Å². The SMILES string of the molecule is CCOc1cccc([C@@H](C)CCCc2cc(-c3ccc(C)c(C(=O)O)c3)c3ccccc3c2)c1. The van der Waals surface area contributed by atoms with Crippen molar-refractivity contribution in [1.82, 2.24) is 0 Å². The van der Waals surface area contributed by atoms with Crippen molar-refractivity contribution in [1.29, 1.82) is 0 Å². The third-order valence-electron chi connectivity index (χ3n) is 6.54. The minimum absolute atomic E-state index is 0.357. The topological polar surface area (TPSA) is 46.5 Å². The molecule has 3 heteroatoms. The van der Waals surface area contributed by atoms with Gasteiger partial charge >= 0.3 is 5.97 Å². The first-order chi connectivity index (χ1) is 16.5.